The van der Waals surface area contributed by atoms with E-state index < -0.39 is 5.41 Å². The second kappa shape index (κ2) is 36.6. The summed E-state index contributed by atoms with van der Waals surface area (Å²) in [5, 5.41) is 17.4. The number of hydrogen-bond donors (Lipinski definition) is 0. The molecule has 0 aliphatic rings. The van der Waals surface area contributed by atoms with Gasteiger partial charge < -0.3 is 31.9 Å². The van der Waals surface area contributed by atoms with E-state index in [1.165, 1.54) is 0 Å². The first-order valence-corrected chi connectivity index (χ1v) is 9.29. The largest absolute Gasteiger partial charge is 1.00 e. The Bertz CT molecular complexity index is 552. The molecule has 182 valence electrons. The fourth-order valence-electron chi connectivity index (χ4n) is 1.89. The fourth-order valence-corrected chi connectivity index (χ4v) is 1.89. The van der Waals surface area contributed by atoms with Gasteiger partial charge in [-0.2, -0.15) is 20.1 Å². The SMILES string of the molecule is CCOC(=O)CC(C#N)(CC)CC.CCOC(=O)CC(C#N)CC.CF.O=C=O.[2H]O.[Br-].[Li+]. The third kappa shape index (κ3) is 30.5. The van der Waals surface area contributed by atoms with E-state index in [2.05, 4.69) is 10.8 Å². The van der Waals surface area contributed by atoms with Gasteiger partial charge in [0.2, 0.25) is 1.43 Å². The predicted octanol–water partition coefficient (Wildman–Crippen LogP) is -3.06. The van der Waals surface area contributed by atoms with Gasteiger partial charge in [0, 0.05) is 0 Å². The first-order valence-electron chi connectivity index (χ1n) is 9.73. The van der Waals surface area contributed by atoms with Gasteiger partial charge in [0.1, 0.15) is 0 Å². The standard InChI is InChI=1S/C10H17NO2.C8H13NO2.CH3F.CO2.BrH.Li.H2O/c1-4-10(5-2,8-11)7-9(12)13-6-3;1-3-7(6-9)5-8(10)11-4-2;1-2;2-1-3;;;/h4-7H2,1-3H3;7H,3-5H2,1-2H3;1H3;;1H;;1H2/q;;;;;+1;/p-1/i/hD. The van der Waals surface area contributed by atoms with Crippen molar-refractivity contribution in [1.29, 1.82) is 10.5 Å². The van der Waals surface area contributed by atoms with E-state index in [4.69, 9.17) is 31.8 Å². The fraction of sp³-hybridized carbons (Fsp3) is 0.750. The molecule has 32 heavy (non-hydrogen) atoms. The summed E-state index contributed by atoms with van der Waals surface area (Å²) >= 11 is 0. The van der Waals surface area contributed by atoms with Crippen LogP contribution in [0, 0.1) is 34.0 Å². The molecule has 0 saturated carbocycles. The second-order valence-corrected chi connectivity index (χ2v) is 5.41. The van der Waals surface area contributed by atoms with Crippen molar-refractivity contribution in [1.82, 2.24) is 0 Å². The van der Waals surface area contributed by atoms with Gasteiger partial charge in [-0.3, -0.25) is 14.0 Å². The smallest absolute Gasteiger partial charge is 1.00 e. The van der Waals surface area contributed by atoms with Crippen molar-refractivity contribution in [2.24, 2.45) is 11.3 Å². The molecule has 0 aliphatic carbocycles. The summed E-state index contributed by atoms with van der Waals surface area (Å²) in [4.78, 5) is 38.2. The number of alkyl halides is 1. The molecule has 0 spiro atoms. The molecular formula is C20H35BrFLiN2O7. The van der Waals surface area contributed by atoms with E-state index in [-0.39, 0.29) is 72.7 Å². The molecule has 0 bridgehead atoms. The third-order valence-electron chi connectivity index (χ3n) is 3.77. The maximum atomic E-state index is 11.2. The Morgan fingerprint density at radius 1 is 1.00 bits per heavy atom. The van der Waals surface area contributed by atoms with Crippen LogP contribution in [0.25, 0.3) is 0 Å². The molecule has 9 nitrogen and oxygen atoms in total. The molecule has 0 saturated heterocycles. The molecule has 0 rings (SSSR count). The summed E-state index contributed by atoms with van der Waals surface area (Å²) in [6.45, 7) is 10.0. The molecular weight excluding hydrogens is 486 g/mol. The van der Waals surface area contributed by atoms with Gasteiger partial charge in [-0.1, -0.05) is 20.8 Å². The van der Waals surface area contributed by atoms with Crippen molar-refractivity contribution in [3.8, 4) is 12.1 Å². The van der Waals surface area contributed by atoms with Crippen molar-refractivity contribution in [2.45, 2.75) is 66.7 Å². The minimum absolute atomic E-state index is 0. The number of carbonyl (C=O) groups is 2. The second-order valence-electron chi connectivity index (χ2n) is 5.41. The average molecular weight is 522 g/mol. The van der Waals surface area contributed by atoms with Gasteiger partial charge in [0.15, 0.2) is 0 Å². The van der Waals surface area contributed by atoms with Crippen LogP contribution in [0.3, 0.4) is 0 Å². The van der Waals surface area contributed by atoms with E-state index in [9.17, 15) is 14.0 Å². The number of ether oxygens (including phenoxy) is 2. The van der Waals surface area contributed by atoms with Crippen LogP contribution in [0.4, 0.5) is 4.39 Å². The Kier molecular flexibility index (Phi) is 50.4. The van der Waals surface area contributed by atoms with Gasteiger partial charge in [-0.05, 0) is 33.1 Å². The van der Waals surface area contributed by atoms with Crippen molar-refractivity contribution in [2.75, 3.05) is 20.4 Å². The predicted molar refractivity (Wildman–Crippen MR) is 106 cm³/mol. The summed E-state index contributed by atoms with van der Waals surface area (Å²) in [6, 6.07) is 4.24. The summed E-state index contributed by atoms with van der Waals surface area (Å²) in [7, 11) is 0.500. The minimum Gasteiger partial charge on any atom is -1.00 e. The van der Waals surface area contributed by atoms with Gasteiger partial charge in [-0.15, -0.1) is 0 Å². The number of nitriles is 2. The molecule has 2 N–H and O–H groups in total. The van der Waals surface area contributed by atoms with Gasteiger partial charge in [0.25, 0.3) is 0 Å². The number of halogens is 2. The van der Waals surface area contributed by atoms with Crippen LogP contribution in [0.15, 0.2) is 0 Å². The number of nitrogens with zero attached hydrogens (tertiary/aromatic N) is 2. The van der Waals surface area contributed by atoms with Crippen LogP contribution in [-0.2, 0) is 28.7 Å². The zero-order chi connectivity index (χ0) is 25.7. The molecule has 0 aromatic heterocycles. The van der Waals surface area contributed by atoms with E-state index in [1.807, 2.05) is 26.8 Å². The van der Waals surface area contributed by atoms with Crippen LogP contribution >= 0.6 is 0 Å². The first-order chi connectivity index (χ1) is 14.8. The van der Waals surface area contributed by atoms with Crippen molar-refractivity contribution >= 4 is 18.1 Å². The Balaban J connectivity index is -0.0000000617. The number of hydrogen-bond acceptors (Lipinski definition) is 8. The van der Waals surface area contributed by atoms with Crippen LogP contribution in [0.1, 0.15) is 68.2 Å². The quantitative estimate of drug-likeness (QED) is 0.228. The topological polar surface area (TPSA) is 166 Å². The monoisotopic (exact) mass is 521 g/mol. The minimum atomic E-state index is -0.522. The van der Waals surface area contributed by atoms with Crippen molar-refractivity contribution in [3.05, 3.63) is 0 Å². The van der Waals surface area contributed by atoms with E-state index in [0.717, 1.165) is 0 Å². The molecule has 0 fully saturated rings. The Morgan fingerprint density at radius 2 is 1.38 bits per heavy atom. The van der Waals surface area contributed by atoms with Crippen LogP contribution in [0.5, 0.6) is 0 Å². The molecule has 0 heterocycles. The molecule has 12 heteroatoms. The molecule has 0 aromatic carbocycles. The molecule has 1 atom stereocenters. The first kappa shape index (κ1) is 44.0. The van der Waals surface area contributed by atoms with Crippen molar-refractivity contribution < 1.29 is 75.8 Å². The van der Waals surface area contributed by atoms with E-state index >= 15 is 0 Å². The summed E-state index contributed by atoms with van der Waals surface area (Å²) in [5.41, 5.74) is 5.73. The van der Waals surface area contributed by atoms with Gasteiger partial charge in [0.05, 0.1) is 56.7 Å². The third-order valence-corrected chi connectivity index (χ3v) is 3.77. The van der Waals surface area contributed by atoms with E-state index in [1.54, 1.807) is 13.8 Å². The summed E-state index contributed by atoms with van der Waals surface area (Å²) in [5.74, 6) is -0.734. The van der Waals surface area contributed by atoms with Crippen LogP contribution in [-0.4, -0.2) is 44.0 Å². The Hall–Kier alpha value is -1.73. The molecule has 0 radical (unpaired) electrons. The maximum Gasteiger partial charge on any atom is 1.00 e. The Morgan fingerprint density at radius 3 is 1.62 bits per heavy atom. The summed E-state index contributed by atoms with van der Waals surface area (Å²) in [6.07, 6.45) is 2.78. The van der Waals surface area contributed by atoms with Crippen molar-refractivity contribution in [3.63, 3.8) is 0 Å². The van der Waals surface area contributed by atoms with Gasteiger partial charge in [-0.25, -0.2) is 0 Å². The molecule has 1 unspecified atom stereocenters. The summed E-state index contributed by atoms with van der Waals surface area (Å²) < 4.78 is 23.7. The maximum absolute atomic E-state index is 11.2. The van der Waals surface area contributed by atoms with Gasteiger partial charge >= 0.3 is 37.0 Å². The number of carbonyl (C=O) groups excluding carboxylic acids is 4. The normalized spacial score (nSPS) is 9.00. The Labute approximate surface area is 214 Å². The van der Waals surface area contributed by atoms with Crippen LogP contribution < -0.4 is 35.8 Å². The average Bonchev–Trinajstić information content (AvgIpc) is 2.80. The molecule has 0 aliphatic heterocycles. The number of rotatable bonds is 9. The van der Waals surface area contributed by atoms with E-state index in [0.29, 0.717) is 39.7 Å². The molecule has 0 amide bonds. The zero-order valence-corrected chi connectivity index (χ0v) is 21.7. The molecule has 0 aromatic rings. The number of esters is 2. The zero-order valence-electron chi connectivity index (χ0n) is 21.1. The van der Waals surface area contributed by atoms with Crippen LogP contribution in [0.2, 0.25) is 0 Å².